The lowest BCUT2D eigenvalue weighted by Gasteiger charge is -2.20. The number of nitrogens with zero attached hydrogens (tertiary/aromatic N) is 1. The van der Waals surface area contributed by atoms with Crippen LogP contribution in [0.4, 0.5) is 4.39 Å². The minimum Gasteiger partial charge on any atom is -0.370 e. The molecule has 0 aliphatic heterocycles. The van der Waals surface area contributed by atoms with Crippen molar-refractivity contribution in [3.05, 3.63) is 34.1 Å². The number of hydrogen-bond acceptors (Lipinski definition) is 1. The van der Waals surface area contributed by atoms with E-state index in [9.17, 15) is 4.39 Å². The van der Waals surface area contributed by atoms with Crippen molar-refractivity contribution in [1.82, 2.24) is 5.32 Å². The summed E-state index contributed by atoms with van der Waals surface area (Å²) < 4.78 is 13.7. The summed E-state index contributed by atoms with van der Waals surface area (Å²) in [5.74, 6) is 0.0703. The van der Waals surface area contributed by atoms with Crippen molar-refractivity contribution < 1.29 is 4.39 Å². The lowest BCUT2D eigenvalue weighted by atomic mass is 10.1. The van der Waals surface area contributed by atoms with Gasteiger partial charge in [-0.05, 0) is 54.4 Å². The van der Waals surface area contributed by atoms with E-state index >= 15 is 0 Å². The Hall–Kier alpha value is -0.370. The summed E-state index contributed by atoms with van der Waals surface area (Å²) >= 11 is 3.10. The highest BCUT2D eigenvalue weighted by molar-refractivity contribution is 14.0. The first-order chi connectivity index (χ1) is 7.78. The van der Waals surface area contributed by atoms with Crippen LogP contribution in [0.25, 0.3) is 0 Å². The molecule has 0 aromatic heterocycles. The highest BCUT2D eigenvalue weighted by Crippen LogP contribution is 2.16. The zero-order valence-electron chi connectivity index (χ0n) is 10.6. The molecule has 1 aromatic carbocycles. The average Bonchev–Trinajstić information content (AvgIpc) is 2.17. The standard InChI is InChI=1S/C12H17BrFN3.HI/c1-12(2,3)17-11(15)16-7-8-4-5-9(13)10(14)6-8;/h4-6H,7H2,1-3H3,(H3,15,16,17);1H. The van der Waals surface area contributed by atoms with Gasteiger partial charge in [-0.2, -0.15) is 0 Å². The van der Waals surface area contributed by atoms with Crippen LogP contribution in [0.5, 0.6) is 0 Å². The maximum absolute atomic E-state index is 13.2. The minimum absolute atomic E-state index is 0. The fourth-order valence-corrected chi connectivity index (χ4v) is 1.48. The number of nitrogens with one attached hydrogen (secondary N) is 1. The molecule has 18 heavy (non-hydrogen) atoms. The largest absolute Gasteiger partial charge is 0.370 e. The van der Waals surface area contributed by atoms with Crippen LogP contribution in [-0.4, -0.2) is 11.5 Å². The number of aliphatic imine (C=N–C) groups is 1. The molecule has 0 heterocycles. The predicted molar refractivity (Wildman–Crippen MR) is 87.7 cm³/mol. The van der Waals surface area contributed by atoms with Crippen LogP contribution >= 0.6 is 39.9 Å². The normalized spacial score (nSPS) is 11.9. The second-order valence-corrected chi connectivity index (χ2v) is 5.68. The number of rotatable bonds is 2. The second kappa shape index (κ2) is 7.28. The Labute approximate surface area is 133 Å². The number of guanidine groups is 1. The van der Waals surface area contributed by atoms with Gasteiger partial charge < -0.3 is 11.1 Å². The molecule has 1 rings (SSSR count). The monoisotopic (exact) mass is 429 g/mol. The predicted octanol–water partition coefficient (Wildman–Crippen LogP) is 3.41. The lowest BCUT2D eigenvalue weighted by molar-refractivity contribution is 0.508. The van der Waals surface area contributed by atoms with E-state index in [2.05, 4.69) is 26.2 Å². The van der Waals surface area contributed by atoms with Gasteiger partial charge in [0.15, 0.2) is 5.96 Å². The van der Waals surface area contributed by atoms with Crippen molar-refractivity contribution in [2.24, 2.45) is 10.7 Å². The van der Waals surface area contributed by atoms with E-state index in [-0.39, 0.29) is 35.3 Å². The average molecular weight is 430 g/mol. The van der Waals surface area contributed by atoms with E-state index in [1.54, 1.807) is 12.1 Å². The van der Waals surface area contributed by atoms with Crippen molar-refractivity contribution in [3.8, 4) is 0 Å². The molecule has 102 valence electrons. The van der Waals surface area contributed by atoms with E-state index < -0.39 is 0 Å². The Kier molecular flexibility index (Phi) is 7.13. The van der Waals surface area contributed by atoms with E-state index in [1.165, 1.54) is 6.07 Å². The molecule has 0 atom stereocenters. The molecule has 0 aliphatic carbocycles. The summed E-state index contributed by atoms with van der Waals surface area (Å²) in [6, 6.07) is 4.91. The van der Waals surface area contributed by atoms with Crippen molar-refractivity contribution >= 4 is 45.9 Å². The molecule has 0 saturated heterocycles. The van der Waals surface area contributed by atoms with Gasteiger partial charge in [-0.25, -0.2) is 9.38 Å². The third-order valence-corrected chi connectivity index (χ3v) is 2.56. The molecule has 0 saturated carbocycles. The van der Waals surface area contributed by atoms with E-state index in [1.807, 2.05) is 20.8 Å². The molecule has 0 bridgehead atoms. The molecule has 0 unspecified atom stereocenters. The van der Waals surface area contributed by atoms with Gasteiger partial charge in [0.25, 0.3) is 0 Å². The SMILES string of the molecule is CC(C)(C)NC(N)=NCc1ccc(Br)c(F)c1.I. The number of hydrogen-bond donors (Lipinski definition) is 2. The Morgan fingerprint density at radius 2 is 2.06 bits per heavy atom. The third-order valence-electron chi connectivity index (χ3n) is 1.92. The quantitative estimate of drug-likeness (QED) is 0.430. The Morgan fingerprint density at radius 3 is 2.56 bits per heavy atom. The van der Waals surface area contributed by atoms with Crippen LogP contribution in [0.2, 0.25) is 0 Å². The van der Waals surface area contributed by atoms with Gasteiger partial charge >= 0.3 is 0 Å². The zero-order valence-corrected chi connectivity index (χ0v) is 14.5. The molecule has 0 amide bonds. The second-order valence-electron chi connectivity index (χ2n) is 4.82. The summed E-state index contributed by atoms with van der Waals surface area (Å²) in [4.78, 5) is 4.15. The number of nitrogens with two attached hydrogens (primary N) is 1. The van der Waals surface area contributed by atoms with Crippen molar-refractivity contribution in [2.45, 2.75) is 32.9 Å². The highest BCUT2D eigenvalue weighted by atomic mass is 127. The zero-order chi connectivity index (χ0) is 13.1. The smallest absolute Gasteiger partial charge is 0.189 e. The van der Waals surface area contributed by atoms with Crippen LogP contribution in [0.15, 0.2) is 27.7 Å². The van der Waals surface area contributed by atoms with Gasteiger partial charge in [-0.3, -0.25) is 0 Å². The topological polar surface area (TPSA) is 50.4 Å². The number of halogens is 3. The molecule has 0 aliphatic rings. The van der Waals surface area contributed by atoms with Crippen LogP contribution in [0, 0.1) is 5.82 Å². The molecule has 6 heteroatoms. The Bertz CT molecular complexity index is 430. The maximum Gasteiger partial charge on any atom is 0.189 e. The van der Waals surface area contributed by atoms with Crippen LogP contribution < -0.4 is 11.1 Å². The first kappa shape index (κ1) is 17.6. The molecule has 0 fully saturated rings. The Morgan fingerprint density at radius 1 is 1.44 bits per heavy atom. The van der Waals surface area contributed by atoms with Gasteiger partial charge in [0.1, 0.15) is 5.82 Å². The molecular weight excluding hydrogens is 412 g/mol. The van der Waals surface area contributed by atoms with E-state index in [4.69, 9.17) is 5.73 Å². The minimum atomic E-state index is -0.292. The summed E-state index contributed by atoms with van der Waals surface area (Å²) in [6.45, 7) is 6.34. The highest BCUT2D eigenvalue weighted by Gasteiger charge is 2.09. The van der Waals surface area contributed by atoms with Crippen LogP contribution in [0.3, 0.4) is 0 Å². The fourth-order valence-electron chi connectivity index (χ4n) is 1.24. The van der Waals surface area contributed by atoms with Gasteiger partial charge in [-0.1, -0.05) is 6.07 Å². The van der Waals surface area contributed by atoms with Gasteiger partial charge in [0.2, 0.25) is 0 Å². The molecule has 0 radical (unpaired) electrons. The third kappa shape index (κ3) is 6.53. The molecular formula is C12H18BrFIN3. The van der Waals surface area contributed by atoms with Crippen molar-refractivity contribution in [3.63, 3.8) is 0 Å². The van der Waals surface area contributed by atoms with Crippen molar-refractivity contribution in [1.29, 1.82) is 0 Å². The molecule has 1 aromatic rings. The van der Waals surface area contributed by atoms with Gasteiger partial charge in [-0.15, -0.1) is 24.0 Å². The fraction of sp³-hybridized carbons (Fsp3) is 0.417. The lowest BCUT2D eigenvalue weighted by Crippen LogP contribution is -2.44. The van der Waals surface area contributed by atoms with E-state index in [0.717, 1.165) is 5.56 Å². The van der Waals surface area contributed by atoms with Gasteiger partial charge in [0.05, 0.1) is 11.0 Å². The number of benzene rings is 1. The maximum atomic E-state index is 13.2. The summed E-state index contributed by atoms with van der Waals surface area (Å²) in [7, 11) is 0. The van der Waals surface area contributed by atoms with Crippen LogP contribution in [0.1, 0.15) is 26.3 Å². The summed E-state index contributed by atoms with van der Waals surface area (Å²) in [5.41, 5.74) is 6.37. The van der Waals surface area contributed by atoms with Crippen molar-refractivity contribution in [2.75, 3.05) is 0 Å². The molecule has 3 N–H and O–H groups in total. The summed E-state index contributed by atoms with van der Waals surface area (Å²) in [6.07, 6.45) is 0. The van der Waals surface area contributed by atoms with Gasteiger partial charge in [0, 0.05) is 5.54 Å². The van der Waals surface area contributed by atoms with E-state index in [0.29, 0.717) is 17.0 Å². The molecule has 3 nitrogen and oxygen atoms in total. The Balaban J connectivity index is 0.00000289. The first-order valence-electron chi connectivity index (χ1n) is 5.30. The molecule has 0 spiro atoms. The first-order valence-corrected chi connectivity index (χ1v) is 6.09. The van der Waals surface area contributed by atoms with Crippen LogP contribution in [-0.2, 0) is 6.54 Å². The summed E-state index contributed by atoms with van der Waals surface area (Å²) in [5, 5.41) is 3.04.